The van der Waals surface area contributed by atoms with Gasteiger partial charge in [0.1, 0.15) is 0 Å². The third-order valence-corrected chi connectivity index (χ3v) is 4.64. The molecule has 0 spiro atoms. The summed E-state index contributed by atoms with van der Waals surface area (Å²) in [6.45, 7) is 6.39. The van der Waals surface area contributed by atoms with E-state index >= 15 is 0 Å². The highest BCUT2D eigenvalue weighted by Crippen LogP contribution is 2.31. The van der Waals surface area contributed by atoms with Crippen LogP contribution in [0.15, 0.2) is 30.7 Å². The maximum absolute atomic E-state index is 6.22. The number of piperidine rings is 1. The van der Waals surface area contributed by atoms with Gasteiger partial charge >= 0.3 is 0 Å². The van der Waals surface area contributed by atoms with Gasteiger partial charge in [0.05, 0.1) is 28.6 Å². The van der Waals surface area contributed by atoms with E-state index in [-0.39, 0.29) is 5.95 Å². The molecule has 138 valence electrons. The molecule has 0 radical (unpaired) electrons. The van der Waals surface area contributed by atoms with Gasteiger partial charge in [0.25, 0.3) is 0 Å². The van der Waals surface area contributed by atoms with Gasteiger partial charge in [-0.3, -0.25) is 0 Å². The van der Waals surface area contributed by atoms with Crippen LogP contribution in [0.2, 0.25) is 5.02 Å². The van der Waals surface area contributed by atoms with Crippen LogP contribution >= 0.6 is 11.6 Å². The van der Waals surface area contributed by atoms with Gasteiger partial charge in [-0.1, -0.05) is 37.9 Å². The van der Waals surface area contributed by atoms with E-state index in [1.165, 1.54) is 18.2 Å². The first-order valence-corrected chi connectivity index (χ1v) is 9.48. The lowest BCUT2D eigenvalue weighted by molar-refractivity contribution is 0.459. The normalized spacial score (nSPS) is 14.9. The Morgan fingerprint density at radius 3 is 2.69 bits per heavy atom. The number of fused-ring (bicyclic) bond motifs is 1. The van der Waals surface area contributed by atoms with Gasteiger partial charge in [0.2, 0.25) is 5.95 Å². The Balaban J connectivity index is 0.000000613. The maximum atomic E-state index is 6.22. The molecule has 0 amide bonds. The quantitative estimate of drug-likeness (QED) is 0.712. The summed E-state index contributed by atoms with van der Waals surface area (Å²) in [6.07, 6.45) is 8.97. The van der Waals surface area contributed by atoms with Crippen LogP contribution in [0.5, 0.6) is 0 Å². The zero-order chi connectivity index (χ0) is 18.5. The zero-order valence-electron chi connectivity index (χ0n) is 15.2. The Labute approximate surface area is 158 Å². The minimum atomic E-state index is 0.204. The molecular weight excluding hydrogens is 348 g/mol. The van der Waals surface area contributed by atoms with Gasteiger partial charge in [-0.05, 0) is 43.5 Å². The molecule has 26 heavy (non-hydrogen) atoms. The topological polar surface area (TPSA) is 81.1 Å². The Bertz CT molecular complexity index is 870. The second kappa shape index (κ2) is 8.47. The standard InChI is InChI=1S/C16H17ClN6.C3H8/c17-13-8-20-16(18)22-15(13)12-7-21-23-9-11(1-2-14(12)23)10-3-5-19-6-4-10;1-3-2/h1-2,7-10,19H,3-6H2,(H2,18,20,22);3H2,1-2H3. The monoisotopic (exact) mass is 372 g/mol. The molecule has 1 aliphatic heterocycles. The molecule has 3 aromatic heterocycles. The van der Waals surface area contributed by atoms with E-state index in [4.69, 9.17) is 17.3 Å². The fraction of sp³-hybridized carbons (Fsp3) is 0.421. The van der Waals surface area contributed by atoms with Crippen LogP contribution in [-0.2, 0) is 0 Å². The van der Waals surface area contributed by atoms with E-state index < -0.39 is 0 Å². The first-order valence-electron chi connectivity index (χ1n) is 9.10. The van der Waals surface area contributed by atoms with E-state index in [0.717, 1.165) is 37.0 Å². The van der Waals surface area contributed by atoms with Gasteiger partial charge in [-0.15, -0.1) is 0 Å². The van der Waals surface area contributed by atoms with Crippen LogP contribution in [-0.4, -0.2) is 32.7 Å². The molecule has 3 aromatic rings. The number of nitrogen functional groups attached to an aromatic ring is 1. The number of halogens is 1. The SMILES string of the molecule is CCC.Nc1ncc(Cl)c(-c2cnn3cc(C4CCNCC4)ccc23)n1. The van der Waals surface area contributed by atoms with Gasteiger partial charge in [0.15, 0.2) is 0 Å². The van der Waals surface area contributed by atoms with Crippen molar-refractivity contribution in [3.8, 4) is 11.3 Å². The zero-order valence-corrected chi connectivity index (χ0v) is 16.0. The first-order chi connectivity index (χ1) is 12.6. The summed E-state index contributed by atoms with van der Waals surface area (Å²) in [5.74, 6) is 0.793. The van der Waals surface area contributed by atoms with Gasteiger partial charge in [0, 0.05) is 11.8 Å². The lowest BCUT2D eigenvalue weighted by atomic mass is 9.91. The molecule has 6 nitrogen and oxygen atoms in total. The summed E-state index contributed by atoms with van der Waals surface area (Å²) in [6, 6.07) is 4.25. The van der Waals surface area contributed by atoms with Crippen LogP contribution in [0.1, 0.15) is 44.6 Å². The number of rotatable bonds is 2. The molecule has 4 heterocycles. The van der Waals surface area contributed by atoms with Crippen LogP contribution in [0.3, 0.4) is 0 Å². The van der Waals surface area contributed by atoms with E-state index in [1.54, 1.807) is 6.20 Å². The minimum absolute atomic E-state index is 0.204. The predicted octanol–water partition coefficient (Wildman–Crippen LogP) is 3.91. The van der Waals surface area contributed by atoms with Crippen molar-refractivity contribution in [3.05, 3.63) is 41.3 Å². The smallest absolute Gasteiger partial charge is 0.220 e. The van der Waals surface area contributed by atoms with Crippen molar-refractivity contribution in [1.82, 2.24) is 24.9 Å². The molecule has 0 aromatic carbocycles. The number of hydrogen-bond acceptors (Lipinski definition) is 5. The largest absolute Gasteiger partial charge is 0.368 e. The molecule has 0 aliphatic carbocycles. The highest BCUT2D eigenvalue weighted by molar-refractivity contribution is 6.33. The molecule has 1 saturated heterocycles. The fourth-order valence-corrected chi connectivity index (χ4v) is 3.34. The van der Waals surface area contributed by atoms with Crippen LogP contribution in [0.4, 0.5) is 5.95 Å². The third kappa shape index (κ3) is 3.97. The van der Waals surface area contributed by atoms with Crippen molar-refractivity contribution in [2.24, 2.45) is 0 Å². The summed E-state index contributed by atoms with van der Waals surface area (Å²) >= 11 is 6.22. The Kier molecular flexibility index (Phi) is 6.06. The Hall–Kier alpha value is -2.18. The van der Waals surface area contributed by atoms with Crippen LogP contribution < -0.4 is 11.1 Å². The van der Waals surface area contributed by atoms with Crippen molar-refractivity contribution < 1.29 is 0 Å². The number of nitrogens with two attached hydrogens (primary N) is 1. The number of nitrogens with zero attached hydrogens (tertiary/aromatic N) is 4. The summed E-state index contributed by atoms with van der Waals surface area (Å²) < 4.78 is 1.89. The van der Waals surface area contributed by atoms with Crippen molar-refractivity contribution >= 4 is 23.1 Å². The fourth-order valence-electron chi connectivity index (χ4n) is 3.15. The number of hydrogen-bond donors (Lipinski definition) is 2. The molecular formula is C19H25ClN6. The summed E-state index contributed by atoms with van der Waals surface area (Å²) in [4.78, 5) is 8.16. The second-order valence-corrected chi connectivity index (χ2v) is 6.91. The minimum Gasteiger partial charge on any atom is -0.368 e. The summed E-state index contributed by atoms with van der Waals surface area (Å²) in [5.41, 5.74) is 9.44. The van der Waals surface area contributed by atoms with Gasteiger partial charge in [-0.25, -0.2) is 14.5 Å². The molecule has 0 unspecified atom stereocenters. The average molecular weight is 373 g/mol. The van der Waals surface area contributed by atoms with E-state index in [1.807, 2.05) is 4.52 Å². The van der Waals surface area contributed by atoms with Crippen molar-refractivity contribution in [2.45, 2.75) is 39.0 Å². The van der Waals surface area contributed by atoms with E-state index in [2.05, 4.69) is 52.6 Å². The average Bonchev–Trinajstić information content (AvgIpc) is 3.08. The second-order valence-electron chi connectivity index (χ2n) is 6.51. The van der Waals surface area contributed by atoms with Crippen LogP contribution in [0, 0.1) is 0 Å². The van der Waals surface area contributed by atoms with Gasteiger partial charge in [-0.2, -0.15) is 5.10 Å². The molecule has 4 rings (SSSR count). The highest BCUT2D eigenvalue weighted by atomic mass is 35.5. The molecule has 0 atom stereocenters. The molecule has 1 aliphatic rings. The van der Waals surface area contributed by atoms with E-state index in [9.17, 15) is 0 Å². The lowest BCUT2D eigenvalue weighted by Crippen LogP contribution is -2.26. The molecule has 0 bridgehead atoms. The molecule has 0 saturated carbocycles. The highest BCUT2D eigenvalue weighted by Gasteiger charge is 2.17. The van der Waals surface area contributed by atoms with Gasteiger partial charge < -0.3 is 11.1 Å². The predicted molar refractivity (Wildman–Crippen MR) is 106 cm³/mol. The molecule has 7 heteroatoms. The summed E-state index contributed by atoms with van der Waals surface area (Å²) in [7, 11) is 0. The van der Waals surface area contributed by atoms with Crippen LogP contribution in [0.25, 0.3) is 16.8 Å². The van der Waals surface area contributed by atoms with E-state index in [0.29, 0.717) is 16.6 Å². The Morgan fingerprint density at radius 1 is 1.23 bits per heavy atom. The number of anilines is 1. The van der Waals surface area contributed by atoms with Crippen molar-refractivity contribution in [1.29, 1.82) is 0 Å². The number of nitrogens with one attached hydrogen (secondary N) is 1. The number of aromatic nitrogens is 4. The van der Waals surface area contributed by atoms with Crippen molar-refractivity contribution in [3.63, 3.8) is 0 Å². The summed E-state index contributed by atoms with van der Waals surface area (Å²) in [5, 5.41) is 8.33. The number of pyridine rings is 1. The lowest BCUT2D eigenvalue weighted by Gasteiger charge is -2.22. The Morgan fingerprint density at radius 2 is 1.96 bits per heavy atom. The maximum Gasteiger partial charge on any atom is 0.220 e. The first kappa shape index (κ1) is 18.6. The molecule has 1 fully saturated rings. The van der Waals surface area contributed by atoms with Crippen molar-refractivity contribution in [2.75, 3.05) is 18.8 Å². The molecule has 3 N–H and O–H groups in total. The third-order valence-electron chi connectivity index (χ3n) is 4.37.